The summed E-state index contributed by atoms with van der Waals surface area (Å²) >= 11 is 13.1. The fourth-order valence-electron chi connectivity index (χ4n) is 1.31. The molecule has 8 heteroatoms. The number of amides is 1. The first-order valence-corrected chi connectivity index (χ1v) is 7.54. The monoisotopic (exact) mass is 336 g/mol. The van der Waals surface area contributed by atoms with E-state index < -0.39 is 0 Å². The van der Waals surface area contributed by atoms with Gasteiger partial charge < -0.3 is 15.8 Å². The van der Waals surface area contributed by atoms with Gasteiger partial charge in [-0.25, -0.2) is 0 Å². The van der Waals surface area contributed by atoms with Crippen molar-refractivity contribution in [2.45, 2.75) is 6.42 Å². The zero-order valence-corrected chi connectivity index (χ0v) is 13.1. The molecule has 110 valence electrons. The molecule has 20 heavy (non-hydrogen) atoms. The predicted molar refractivity (Wildman–Crippen MR) is 83.5 cm³/mol. The molecule has 0 saturated carbocycles. The number of carbonyl (C=O) groups excluding carboxylic acids is 2. The highest BCUT2D eigenvalue weighted by Gasteiger charge is 2.11. The molecule has 1 amide bonds. The molecule has 0 aliphatic rings. The summed E-state index contributed by atoms with van der Waals surface area (Å²) < 4.78 is 4.49. The molecule has 0 bridgehead atoms. The van der Waals surface area contributed by atoms with E-state index in [-0.39, 0.29) is 29.1 Å². The molecule has 0 fully saturated rings. The van der Waals surface area contributed by atoms with E-state index in [0.717, 1.165) is 0 Å². The van der Waals surface area contributed by atoms with E-state index in [1.807, 2.05) is 0 Å². The van der Waals surface area contributed by atoms with Crippen LogP contribution in [-0.4, -0.2) is 30.5 Å². The second-order valence-corrected chi connectivity index (χ2v) is 5.73. The Labute approximate surface area is 131 Å². The summed E-state index contributed by atoms with van der Waals surface area (Å²) in [6.45, 7) is 0. The minimum atomic E-state index is -0.319. The third-order valence-corrected chi connectivity index (χ3v) is 3.72. The van der Waals surface area contributed by atoms with Crippen LogP contribution in [0, 0.1) is 0 Å². The molecule has 0 heterocycles. The molecule has 0 aliphatic carbocycles. The highest BCUT2D eigenvalue weighted by molar-refractivity contribution is 7.99. The van der Waals surface area contributed by atoms with Crippen LogP contribution in [0.5, 0.6) is 0 Å². The van der Waals surface area contributed by atoms with E-state index in [9.17, 15) is 9.59 Å². The van der Waals surface area contributed by atoms with Gasteiger partial charge in [0.2, 0.25) is 5.91 Å². The van der Waals surface area contributed by atoms with Gasteiger partial charge in [-0.15, -0.1) is 11.8 Å². The fourth-order valence-corrected chi connectivity index (χ4v) is 2.62. The summed E-state index contributed by atoms with van der Waals surface area (Å²) in [6.07, 6.45) is 0.236. The van der Waals surface area contributed by atoms with Gasteiger partial charge in [0.25, 0.3) is 0 Å². The SMILES string of the molecule is COC(=O)CSCCC(=O)Nc1c(N)cc(Cl)cc1Cl. The molecule has 0 radical (unpaired) electrons. The Kier molecular flexibility index (Phi) is 6.98. The Morgan fingerprint density at radius 3 is 2.70 bits per heavy atom. The summed E-state index contributed by atoms with van der Waals surface area (Å²) in [6, 6.07) is 3.01. The number of nitrogens with one attached hydrogen (secondary N) is 1. The van der Waals surface area contributed by atoms with Crippen LogP contribution in [0.2, 0.25) is 10.0 Å². The molecule has 1 aromatic rings. The summed E-state index contributed by atoms with van der Waals surface area (Å²) in [7, 11) is 1.32. The number of thioether (sulfide) groups is 1. The number of ether oxygens (including phenoxy) is 1. The van der Waals surface area contributed by atoms with Crippen LogP contribution in [0.1, 0.15) is 6.42 Å². The highest BCUT2D eigenvalue weighted by atomic mass is 35.5. The fraction of sp³-hybridized carbons (Fsp3) is 0.333. The number of carbonyl (C=O) groups is 2. The number of methoxy groups -OCH3 is 1. The zero-order chi connectivity index (χ0) is 15.1. The molecule has 0 aliphatic heterocycles. The van der Waals surface area contributed by atoms with E-state index in [4.69, 9.17) is 28.9 Å². The first kappa shape index (κ1) is 16.9. The topological polar surface area (TPSA) is 81.4 Å². The minimum absolute atomic E-state index is 0.216. The minimum Gasteiger partial charge on any atom is -0.468 e. The van der Waals surface area contributed by atoms with Crippen molar-refractivity contribution in [2.24, 2.45) is 0 Å². The predicted octanol–water partition coefficient (Wildman–Crippen LogP) is 2.81. The summed E-state index contributed by atoms with van der Waals surface area (Å²) in [5.74, 6) is 0.151. The Bertz CT molecular complexity index is 488. The van der Waals surface area contributed by atoms with Crippen molar-refractivity contribution < 1.29 is 14.3 Å². The molecule has 0 saturated heterocycles. The van der Waals surface area contributed by atoms with Gasteiger partial charge in [-0.3, -0.25) is 9.59 Å². The van der Waals surface area contributed by atoms with Crippen LogP contribution in [0.4, 0.5) is 11.4 Å². The van der Waals surface area contributed by atoms with Crippen molar-refractivity contribution in [3.63, 3.8) is 0 Å². The van der Waals surface area contributed by atoms with Crippen LogP contribution < -0.4 is 11.1 Å². The molecular formula is C12H14Cl2N2O3S. The first-order chi connectivity index (χ1) is 9.43. The van der Waals surface area contributed by atoms with E-state index in [1.54, 1.807) is 0 Å². The molecule has 1 rings (SSSR count). The van der Waals surface area contributed by atoms with E-state index in [0.29, 0.717) is 22.2 Å². The van der Waals surface area contributed by atoms with E-state index in [1.165, 1.54) is 31.0 Å². The number of halogens is 2. The lowest BCUT2D eigenvalue weighted by Crippen LogP contribution is -2.14. The average molecular weight is 337 g/mol. The standard InChI is InChI=1S/C12H14Cl2N2O3S/c1-19-11(18)6-20-3-2-10(17)16-12-8(14)4-7(13)5-9(12)15/h4-5H,2-3,6,15H2,1H3,(H,16,17). The Morgan fingerprint density at radius 1 is 1.40 bits per heavy atom. The van der Waals surface area contributed by atoms with E-state index in [2.05, 4.69) is 10.1 Å². The number of nitrogens with two attached hydrogens (primary N) is 1. The number of hydrogen-bond acceptors (Lipinski definition) is 5. The molecule has 3 N–H and O–H groups in total. The van der Waals surface area contributed by atoms with Crippen LogP contribution in [-0.2, 0) is 14.3 Å². The summed E-state index contributed by atoms with van der Waals surface area (Å²) in [5, 5.41) is 3.31. The molecule has 0 atom stereocenters. The maximum atomic E-state index is 11.7. The van der Waals surface area contributed by atoms with Gasteiger partial charge in [0.1, 0.15) is 0 Å². The van der Waals surface area contributed by atoms with Crippen LogP contribution in [0.15, 0.2) is 12.1 Å². The maximum Gasteiger partial charge on any atom is 0.315 e. The van der Waals surface area contributed by atoms with Crippen LogP contribution >= 0.6 is 35.0 Å². The van der Waals surface area contributed by atoms with Crippen molar-refractivity contribution in [1.82, 2.24) is 0 Å². The number of anilines is 2. The summed E-state index contributed by atoms with van der Waals surface area (Å²) in [4.78, 5) is 22.6. The van der Waals surface area contributed by atoms with Gasteiger partial charge in [0.05, 0.1) is 29.3 Å². The highest BCUT2D eigenvalue weighted by Crippen LogP contribution is 2.32. The van der Waals surface area contributed by atoms with Gasteiger partial charge in [0, 0.05) is 17.2 Å². The molecule has 5 nitrogen and oxygen atoms in total. The lowest BCUT2D eigenvalue weighted by Gasteiger charge is -2.10. The second-order valence-electron chi connectivity index (χ2n) is 3.78. The molecule has 1 aromatic carbocycles. The lowest BCUT2D eigenvalue weighted by atomic mass is 10.2. The smallest absolute Gasteiger partial charge is 0.315 e. The van der Waals surface area contributed by atoms with Crippen molar-refractivity contribution in [1.29, 1.82) is 0 Å². The van der Waals surface area contributed by atoms with Crippen molar-refractivity contribution in [3.05, 3.63) is 22.2 Å². The van der Waals surface area contributed by atoms with E-state index >= 15 is 0 Å². The van der Waals surface area contributed by atoms with Gasteiger partial charge in [-0.05, 0) is 12.1 Å². The quantitative estimate of drug-likeness (QED) is 0.474. The third-order valence-electron chi connectivity index (χ3n) is 2.27. The zero-order valence-electron chi connectivity index (χ0n) is 10.7. The molecule has 0 aromatic heterocycles. The number of esters is 1. The van der Waals surface area contributed by atoms with Crippen molar-refractivity contribution >= 4 is 58.2 Å². The second kappa shape index (κ2) is 8.24. The van der Waals surface area contributed by atoms with Gasteiger partial charge >= 0.3 is 5.97 Å². The Morgan fingerprint density at radius 2 is 2.10 bits per heavy atom. The van der Waals surface area contributed by atoms with Gasteiger partial charge in [-0.2, -0.15) is 0 Å². The van der Waals surface area contributed by atoms with Crippen LogP contribution in [0.25, 0.3) is 0 Å². The first-order valence-electron chi connectivity index (χ1n) is 5.63. The summed E-state index contributed by atoms with van der Waals surface area (Å²) in [5.41, 5.74) is 6.38. The Balaban J connectivity index is 2.45. The van der Waals surface area contributed by atoms with Crippen molar-refractivity contribution in [2.75, 3.05) is 29.7 Å². The Hall–Kier alpha value is -1.11. The normalized spacial score (nSPS) is 10.2. The third kappa shape index (κ3) is 5.48. The molecule has 0 spiro atoms. The van der Waals surface area contributed by atoms with Gasteiger partial charge in [0.15, 0.2) is 0 Å². The molecule has 0 unspecified atom stereocenters. The lowest BCUT2D eigenvalue weighted by molar-refractivity contribution is -0.137. The van der Waals surface area contributed by atoms with Gasteiger partial charge in [-0.1, -0.05) is 23.2 Å². The maximum absolute atomic E-state index is 11.7. The number of rotatable bonds is 6. The average Bonchev–Trinajstić information content (AvgIpc) is 2.38. The number of benzene rings is 1. The molecular weight excluding hydrogens is 323 g/mol. The number of hydrogen-bond donors (Lipinski definition) is 2. The van der Waals surface area contributed by atoms with Crippen molar-refractivity contribution in [3.8, 4) is 0 Å². The largest absolute Gasteiger partial charge is 0.468 e. The van der Waals surface area contributed by atoms with Crippen LogP contribution in [0.3, 0.4) is 0 Å². The number of nitrogen functional groups attached to an aromatic ring is 1.